The van der Waals surface area contributed by atoms with Crippen LogP contribution in [0.15, 0.2) is 53.7 Å². The van der Waals surface area contributed by atoms with Crippen LogP contribution in [0.5, 0.6) is 0 Å². The van der Waals surface area contributed by atoms with Crippen molar-refractivity contribution < 1.29 is 9.59 Å². The molecule has 0 aliphatic carbocycles. The van der Waals surface area contributed by atoms with Crippen LogP contribution in [-0.2, 0) is 9.59 Å². The lowest BCUT2D eigenvalue weighted by Gasteiger charge is -2.16. The predicted molar refractivity (Wildman–Crippen MR) is 112 cm³/mol. The van der Waals surface area contributed by atoms with Gasteiger partial charge in [0.25, 0.3) is 0 Å². The van der Waals surface area contributed by atoms with E-state index >= 15 is 0 Å². The number of anilines is 1. The number of amides is 2. The Hall–Kier alpha value is -3.20. The zero-order valence-electron chi connectivity index (χ0n) is 16.5. The normalized spacial score (nSPS) is 10.6. The number of carbonyl (C=O) groups excluding carboxylic acids is 2. The first-order valence-electron chi connectivity index (χ1n) is 9.01. The minimum Gasteiger partial charge on any atom is -0.336 e. The van der Waals surface area contributed by atoms with Crippen LogP contribution < -0.4 is 5.32 Å². The number of likely N-dealkylation sites (N-methyl/N-ethyl adjacent to an activating group) is 1. The van der Waals surface area contributed by atoms with E-state index < -0.39 is 0 Å². The number of nitrogens with zero attached hydrogens (tertiary/aromatic N) is 5. The van der Waals surface area contributed by atoms with Gasteiger partial charge in [-0.1, -0.05) is 47.2 Å². The fraction of sp³-hybridized carbons (Fsp3) is 0.250. The predicted octanol–water partition coefficient (Wildman–Crippen LogP) is 2.47. The highest BCUT2D eigenvalue weighted by atomic mass is 32.2. The maximum absolute atomic E-state index is 12.4. The molecule has 3 aromatic rings. The van der Waals surface area contributed by atoms with E-state index in [9.17, 15) is 9.59 Å². The second kappa shape index (κ2) is 9.33. The van der Waals surface area contributed by atoms with Crippen LogP contribution in [0.1, 0.15) is 11.1 Å². The summed E-state index contributed by atoms with van der Waals surface area (Å²) in [6, 6.07) is 15.3. The number of rotatable bonds is 7. The average Bonchev–Trinajstić information content (AvgIpc) is 3.17. The summed E-state index contributed by atoms with van der Waals surface area (Å²) >= 11 is 1.23. The number of benzene rings is 2. The number of aryl methyl sites for hydroxylation is 2. The van der Waals surface area contributed by atoms with E-state index in [0.717, 1.165) is 16.8 Å². The summed E-state index contributed by atoms with van der Waals surface area (Å²) in [5.74, 6) is -0.313. The molecule has 150 valence electrons. The van der Waals surface area contributed by atoms with Gasteiger partial charge in [0, 0.05) is 12.7 Å². The molecule has 9 heteroatoms. The van der Waals surface area contributed by atoms with E-state index in [1.165, 1.54) is 16.7 Å². The number of hydrogen-bond donors (Lipinski definition) is 1. The molecule has 0 spiro atoms. The third kappa shape index (κ3) is 5.64. The fourth-order valence-electron chi connectivity index (χ4n) is 2.49. The molecule has 3 rings (SSSR count). The summed E-state index contributed by atoms with van der Waals surface area (Å²) in [7, 11) is 1.60. The molecule has 1 N–H and O–H groups in total. The van der Waals surface area contributed by atoms with Crippen molar-refractivity contribution >= 4 is 29.3 Å². The minimum absolute atomic E-state index is 0.0316. The van der Waals surface area contributed by atoms with E-state index in [0.29, 0.717) is 10.8 Å². The van der Waals surface area contributed by atoms with Crippen molar-refractivity contribution in [2.75, 3.05) is 24.7 Å². The Balaban J connectivity index is 1.53. The van der Waals surface area contributed by atoms with Crippen LogP contribution in [-0.4, -0.2) is 56.3 Å². The van der Waals surface area contributed by atoms with Crippen LogP contribution in [0.2, 0.25) is 0 Å². The molecule has 0 atom stereocenters. The topological polar surface area (TPSA) is 93.0 Å². The Bertz CT molecular complexity index is 985. The summed E-state index contributed by atoms with van der Waals surface area (Å²) in [6.45, 7) is 3.95. The van der Waals surface area contributed by atoms with Gasteiger partial charge in [-0.3, -0.25) is 9.59 Å². The lowest BCUT2D eigenvalue weighted by atomic mass is 10.2. The zero-order valence-corrected chi connectivity index (χ0v) is 17.3. The van der Waals surface area contributed by atoms with Crippen LogP contribution in [0, 0.1) is 13.8 Å². The Kier molecular flexibility index (Phi) is 6.61. The van der Waals surface area contributed by atoms with Crippen molar-refractivity contribution in [2.24, 2.45) is 0 Å². The number of hydrogen-bond acceptors (Lipinski definition) is 6. The molecule has 0 bridgehead atoms. The van der Waals surface area contributed by atoms with Gasteiger partial charge in [-0.05, 0) is 48.5 Å². The highest BCUT2D eigenvalue weighted by Crippen LogP contribution is 2.19. The molecule has 29 heavy (non-hydrogen) atoms. The van der Waals surface area contributed by atoms with Crippen LogP contribution in [0.25, 0.3) is 5.69 Å². The molecule has 0 fully saturated rings. The van der Waals surface area contributed by atoms with Crippen molar-refractivity contribution in [3.8, 4) is 5.69 Å². The lowest BCUT2D eigenvalue weighted by molar-refractivity contribution is -0.131. The zero-order chi connectivity index (χ0) is 20.8. The number of carbonyl (C=O) groups is 2. The van der Waals surface area contributed by atoms with Crippen LogP contribution in [0.3, 0.4) is 0 Å². The molecule has 0 radical (unpaired) electrons. The summed E-state index contributed by atoms with van der Waals surface area (Å²) in [6.07, 6.45) is 0. The van der Waals surface area contributed by atoms with Crippen molar-refractivity contribution in [3.63, 3.8) is 0 Å². The smallest absolute Gasteiger partial charge is 0.243 e. The van der Waals surface area contributed by atoms with Crippen LogP contribution in [0.4, 0.5) is 5.69 Å². The van der Waals surface area contributed by atoms with Gasteiger partial charge in [-0.25, -0.2) is 0 Å². The minimum atomic E-state index is -0.251. The Labute approximate surface area is 173 Å². The highest BCUT2D eigenvalue weighted by molar-refractivity contribution is 7.99. The average molecular weight is 411 g/mol. The second-order valence-electron chi connectivity index (χ2n) is 6.66. The quantitative estimate of drug-likeness (QED) is 0.602. The van der Waals surface area contributed by atoms with Gasteiger partial charge in [0.2, 0.25) is 17.0 Å². The SMILES string of the molecule is Cc1ccc(NC(=O)CN(C)C(=O)CSc2nnnn2-c2ccc(C)cc2)cc1. The first-order chi connectivity index (χ1) is 13.9. The van der Waals surface area contributed by atoms with Crippen molar-refractivity contribution in [1.82, 2.24) is 25.1 Å². The Morgan fingerprint density at radius 2 is 1.66 bits per heavy atom. The fourth-order valence-corrected chi connectivity index (χ4v) is 3.33. The molecule has 8 nitrogen and oxygen atoms in total. The molecule has 2 amide bonds. The van der Waals surface area contributed by atoms with E-state index in [1.807, 2.05) is 62.4 Å². The third-order valence-electron chi connectivity index (χ3n) is 4.19. The van der Waals surface area contributed by atoms with Crippen molar-refractivity contribution in [3.05, 3.63) is 59.7 Å². The first kappa shape index (κ1) is 20.5. The van der Waals surface area contributed by atoms with Gasteiger partial charge in [0.05, 0.1) is 18.0 Å². The summed E-state index contributed by atoms with van der Waals surface area (Å²) in [5.41, 5.74) is 3.77. The molecule has 1 aromatic heterocycles. The molecule has 0 saturated heterocycles. The molecular weight excluding hydrogens is 388 g/mol. The summed E-state index contributed by atoms with van der Waals surface area (Å²) in [5, 5.41) is 15.0. The number of thioether (sulfide) groups is 1. The van der Waals surface area contributed by atoms with E-state index in [4.69, 9.17) is 0 Å². The monoisotopic (exact) mass is 410 g/mol. The van der Waals surface area contributed by atoms with Gasteiger partial charge in [0.1, 0.15) is 0 Å². The molecule has 0 saturated carbocycles. The molecule has 0 aliphatic rings. The maximum atomic E-state index is 12.4. The second-order valence-corrected chi connectivity index (χ2v) is 7.60. The van der Waals surface area contributed by atoms with Crippen molar-refractivity contribution in [1.29, 1.82) is 0 Å². The molecule has 0 aliphatic heterocycles. The first-order valence-corrected chi connectivity index (χ1v) is 9.99. The standard InChI is InChI=1S/C20H22N6O2S/c1-14-4-8-16(9-5-14)21-18(27)12-25(3)19(28)13-29-20-22-23-24-26(20)17-10-6-15(2)7-11-17/h4-11H,12-13H2,1-3H3,(H,21,27). The molecule has 2 aromatic carbocycles. The number of tetrazole rings is 1. The van der Waals surface area contributed by atoms with E-state index in [1.54, 1.807) is 11.7 Å². The molecular formula is C20H22N6O2S. The maximum Gasteiger partial charge on any atom is 0.243 e. The van der Waals surface area contributed by atoms with Gasteiger partial charge in [0.15, 0.2) is 0 Å². The lowest BCUT2D eigenvalue weighted by Crippen LogP contribution is -2.36. The van der Waals surface area contributed by atoms with Crippen molar-refractivity contribution in [2.45, 2.75) is 19.0 Å². The summed E-state index contributed by atoms with van der Waals surface area (Å²) < 4.78 is 1.58. The van der Waals surface area contributed by atoms with E-state index in [-0.39, 0.29) is 24.1 Å². The van der Waals surface area contributed by atoms with Gasteiger partial charge in [-0.15, -0.1) is 5.10 Å². The Morgan fingerprint density at radius 3 is 2.31 bits per heavy atom. The molecule has 0 unspecified atom stereocenters. The van der Waals surface area contributed by atoms with E-state index in [2.05, 4.69) is 20.8 Å². The molecule has 1 heterocycles. The van der Waals surface area contributed by atoms with Gasteiger partial charge in [-0.2, -0.15) is 4.68 Å². The number of nitrogens with one attached hydrogen (secondary N) is 1. The van der Waals surface area contributed by atoms with Gasteiger partial charge >= 0.3 is 0 Å². The summed E-state index contributed by atoms with van der Waals surface area (Å²) in [4.78, 5) is 26.0. The van der Waals surface area contributed by atoms with Gasteiger partial charge < -0.3 is 10.2 Å². The largest absolute Gasteiger partial charge is 0.336 e. The Morgan fingerprint density at radius 1 is 1.03 bits per heavy atom. The third-order valence-corrected chi connectivity index (χ3v) is 5.09. The van der Waals surface area contributed by atoms with Crippen LogP contribution >= 0.6 is 11.8 Å². The number of aromatic nitrogens is 4. The highest BCUT2D eigenvalue weighted by Gasteiger charge is 2.16.